The van der Waals surface area contributed by atoms with Crippen molar-refractivity contribution in [1.82, 2.24) is 0 Å². The summed E-state index contributed by atoms with van der Waals surface area (Å²) in [6.45, 7) is 5.44. The molecule has 0 saturated carbocycles. The SMILES string of the molecule is CCc1ccc(S(=O)(=O)C(C)C)cc1. The van der Waals surface area contributed by atoms with E-state index in [1.165, 1.54) is 0 Å². The van der Waals surface area contributed by atoms with Crippen LogP contribution in [-0.2, 0) is 16.3 Å². The Morgan fingerprint density at radius 2 is 1.64 bits per heavy atom. The van der Waals surface area contributed by atoms with Gasteiger partial charge in [0.15, 0.2) is 9.84 Å². The molecule has 0 bridgehead atoms. The van der Waals surface area contributed by atoms with E-state index < -0.39 is 9.84 Å². The normalized spacial score (nSPS) is 12.0. The molecular weight excluding hydrogens is 196 g/mol. The Hall–Kier alpha value is -0.830. The van der Waals surface area contributed by atoms with Gasteiger partial charge in [-0.25, -0.2) is 8.42 Å². The molecule has 0 saturated heterocycles. The van der Waals surface area contributed by atoms with Crippen molar-refractivity contribution < 1.29 is 8.42 Å². The summed E-state index contributed by atoms with van der Waals surface area (Å²) < 4.78 is 23.5. The average molecular weight is 212 g/mol. The molecule has 0 unspecified atom stereocenters. The summed E-state index contributed by atoms with van der Waals surface area (Å²) in [7, 11) is -3.10. The molecule has 1 rings (SSSR count). The van der Waals surface area contributed by atoms with E-state index in [2.05, 4.69) is 0 Å². The van der Waals surface area contributed by atoms with Gasteiger partial charge in [0.25, 0.3) is 0 Å². The van der Waals surface area contributed by atoms with E-state index >= 15 is 0 Å². The fourth-order valence-corrected chi connectivity index (χ4v) is 2.25. The third-order valence-corrected chi connectivity index (χ3v) is 4.45. The molecule has 1 aromatic rings. The molecule has 2 nitrogen and oxygen atoms in total. The van der Waals surface area contributed by atoms with Gasteiger partial charge in [0.1, 0.15) is 0 Å². The summed E-state index contributed by atoms with van der Waals surface area (Å²) in [4.78, 5) is 0.421. The van der Waals surface area contributed by atoms with E-state index in [4.69, 9.17) is 0 Å². The first-order chi connectivity index (χ1) is 6.48. The smallest absolute Gasteiger partial charge is 0.180 e. The van der Waals surface area contributed by atoms with E-state index in [0.717, 1.165) is 12.0 Å². The molecule has 0 spiro atoms. The van der Waals surface area contributed by atoms with Crippen LogP contribution in [0.5, 0.6) is 0 Å². The molecule has 0 atom stereocenters. The highest BCUT2D eigenvalue weighted by Gasteiger charge is 2.18. The minimum absolute atomic E-state index is 0.352. The van der Waals surface area contributed by atoms with Crippen molar-refractivity contribution in [2.45, 2.75) is 37.3 Å². The van der Waals surface area contributed by atoms with Crippen LogP contribution in [0.1, 0.15) is 26.3 Å². The van der Waals surface area contributed by atoms with Gasteiger partial charge < -0.3 is 0 Å². The van der Waals surface area contributed by atoms with Crippen molar-refractivity contribution >= 4 is 9.84 Å². The minimum atomic E-state index is -3.10. The Bertz CT molecular complexity index is 388. The largest absolute Gasteiger partial charge is 0.223 e. The van der Waals surface area contributed by atoms with Gasteiger partial charge in [-0.1, -0.05) is 19.1 Å². The lowest BCUT2D eigenvalue weighted by Gasteiger charge is -2.07. The van der Waals surface area contributed by atoms with Crippen molar-refractivity contribution in [3.05, 3.63) is 29.8 Å². The first-order valence-corrected chi connectivity index (χ1v) is 6.36. The van der Waals surface area contributed by atoms with E-state index in [1.54, 1.807) is 26.0 Å². The second kappa shape index (κ2) is 4.13. The molecule has 3 heteroatoms. The van der Waals surface area contributed by atoms with Crippen LogP contribution in [0.25, 0.3) is 0 Å². The topological polar surface area (TPSA) is 34.1 Å². The monoisotopic (exact) mass is 212 g/mol. The van der Waals surface area contributed by atoms with E-state index in [-0.39, 0.29) is 5.25 Å². The minimum Gasteiger partial charge on any atom is -0.223 e. The first kappa shape index (κ1) is 11.2. The summed E-state index contributed by atoms with van der Waals surface area (Å²) in [5, 5.41) is -0.352. The van der Waals surface area contributed by atoms with Crippen LogP contribution in [0.4, 0.5) is 0 Å². The van der Waals surface area contributed by atoms with Gasteiger partial charge in [-0.2, -0.15) is 0 Å². The van der Waals surface area contributed by atoms with Gasteiger partial charge in [0, 0.05) is 0 Å². The third-order valence-electron chi connectivity index (χ3n) is 2.28. The Morgan fingerprint density at radius 3 is 2.00 bits per heavy atom. The van der Waals surface area contributed by atoms with Crippen LogP contribution in [-0.4, -0.2) is 13.7 Å². The van der Waals surface area contributed by atoms with Gasteiger partial charge in [0.2, 0.25) is 0 Å². The lowest BCUT2D eigenvalue weighted by Crippen LogP contribution is -2.13. The van der Waals surface area contributed by atoms with Crippen LogP contribution in [0, 0.1) is 0 Å². The fourth-order valence-electron chi connectivity index (χ4n) is 1.19. The van der Waals surface area contributed by atoms with Crippen molar-refractivity contribution in [2.75, 3.05) is 0 Å². The summed E-state index contributed by atoms with van der Waals surface area (Å²) in [5.41, 5.74) is 1.16. The highest BCUT2D eigenvalue weighted by molar-refractivity contribution is 7.92. The number of aryl methyl sites for hydroxylation is 1. The zero-order valence-corrected chi connectivity index (χ0v) is 9.64. The maximum atomic E-state index is 11.7. The molecule has 0 fully saturated rings. The maximum Gasteiger partial charge on any atom is 0.180 e. The highest BCUT2D eigenvalue weighted by Crippen LogP contribution is 2.16. The second-order valence-corrected chi connectivity index (χ2v) is 6.10. The number of rotatable bonds is 3. The first-order valence-electron chi connectivity index (χ1n) is 4.81. The zero-order valence-electron chi connectivity index (χ0n) is 8.82. The highest BCUT2D eigenvalue weighted by atomic mass is 32.2. The van der Waals surface area contributed by atoms with Crippen LogP contribution < -0.4 is 0 Å². The molecule has 0 aliphatic rings. The molecular formula is C11H16O2S. The van der Waals surface area contributed by atoms with Gasteiger partial charge in [-0.3, -0.25) is 0 Å². The predicted molar refractivity (Wildman–Crippen MR) is 58.1 cm³/mol. The second-order valence-electron chi connectivity index (χ2n) is 3.59. The summed E-state index contributed by atoms with van der Waals surface area (Å²) >= 11 is 0. The summed E-state index contributed by atoms with van der Waals surface area (Å²) in [6, 6.07) is 7.12. The Balaban J connectivity index is 3.10. The standard InChI is InChI=1S/C11H16O2S/c1-4-10-5-7-11(8-6-10)14(12,13)9(2)3/h5-9H,4H2,1-3H3. The van der Waals surface area contributed by atoms with Crippen LogP contribution in [0.3, 0.4) is 0 Å². The molecule has 0 N–H and O–H groups in total. The van der Waals surface area contributed by atoms with Gasteiger partial charge in [0.05, 0.1) is 10.1 Å². The van der Waals surface area contributed by atoms with Crippen LogP contribution in [0.2, 0.25) is 0 Å². The molecule has 1 aromatic carbocycles. The quantitative estimate of drug-likeness (QED) is 0.771. The molecule has 0 aromatic heterocycles. The molecule has 0 heterocycles. The molecule has 0 aliphatic heterocycles. The van der Waals surface area contributed by atoms with Gasteiger partial charge >= 0.3 is 0 Å². The molecule has 0 radical (unpaired) electrons. The Kier molecular flexibility index (Phi) is 3.32. The van der Waals surface area contributed by atoms with Crippen molar-refractivity contribution in [1.29, 1.82) is 0 Å². The molecule has 0 amide bonds. The van der Waals surface area contributed by atoms with E-state index in [0.29, 0.717) is 4.90 Å². The van der Waals surface area contributed by atoms with Crippen LogP contribution >= 0.6 is 0 Å². The summed E-state index contributed by atoms with van der Waals surface area (Å²) in [5.74, 6) is 0. The number of benzene rings is 1. The Morgan fingerprint density at radius 1 is 1.14 bits per heavy atom. The van der Waals surface area contributed by atoms with Crippen molar-refractivity contribution in [3.8, 4) is 0 Å². The van der Waals surface area contributed by atoms with Crippen LogP contribution in [0.15, 0.2) is 29.2 Å². The number of hydrogen-bond acceptors (Lipinski definition) is 2. The Labute approximate surface area is 85.9 Å². The molecule has 78 valence electrons. The lowest BCUT2D eigenvalue weighted by molar-refractivity contribution is 0.587. The molecule has 14 heavy (non-hydrogen) atoms. The number of hydrogen-bond donors (Lipinski definition) is 0. The third kappa shape index (κ3) is 2.15. The van der Waals surface area contributed by atoms with Gasteiger partial charge in [-0.05, 0) is 38.0 Å². The molecule has 0 aliphatic carbocycles. The zero-order chi connectivity index (χ0) is 10.8. The number of sulfone groups is 1. The van der Waals surface area contributed by atoms with E-state index in [9.17, 15) is 8.42 Å². The van der Waals surface area contributed by atoms with Gasteiger partial charge in [-0.15, -0.1) is 0 Å². The maximum absolute atomic E-state index is 11.7. The average Bonchev–Trinajstić information content (AvgIpc) is 2.17. The van der Waals surface area contributed by atoms with Crippen molar-refractivity contribution in [2.24, 2.45) is 0 Å². The van der Waals surface area contributed by atoms with Crippen molar-refractivity contribution in [3.63, 3.8) is 0 Å². The lowest BCUT2D eigenvalue weighted by atomic mass is 10.2. The summed E-state index contributed by atoms with van der Waals surface area (Å²) in [6.07, 6.45) is 0.933. The fraction of sp³-hybridized carbons (Fsp3) is 0.455. The predicted octanol–water partition coefficient (Wildman–Crippen LogP) is 2.43. The van der Waals surface area contributed by atoms with E-state index in [1.807, 2.05) is 19.1 Å².